The van der Waals surface area contributed by atoms with E-state index in [-0.39, 0.29) is 0 Å². The zero-order valence-electron chi connectivity index (χ0n) is 12.9. The molecular formula is C15H25BN2O3. The van der Waals surface area contributed by atoms with E-state index in [1.807, 2.05) is 0 Å². The van der Waals surface area contributed by atoms with E-state index in [1.165, 1.54) is 19.4 Å². The highest BCUT2D eigenvalue weighted by Gasteiger charge is 2.21. The minimum Gasteiger partial charge on any atom is -0.492 e. The second-order valence-corrected chi connectivity index (χ2v) is 5.83. The molecule has 0 aliphatic carbocycles. The van der Waals surface area contributed by atoms with Crippen molar-refractivity contribution in [3.05, 3.63) is 24.3 Å². The zero-order chi connectivity index (χ0) is 15.2. The predicted octanol–water partition coefficient (Wildman–Crippen LogP) is -0.229. The zero-order valence-corrected chi connectivity index (χ0v) is 12.9. The molecule has 1 heterocycles. The van der Waals surface area contributed by atoms with Crippen molar-refractivity contribution in [3.8, 4) is 5.75 Å². The second kappa shape index (κ2) is 7.80. The van der Waals surface area contributed by atoms with Crippen LogP contribution >= 0.6 is 0 Å². The third-order valence-corrected chi connectivity index (χ3v) is 4.11. The van der Waals surface area contributed by atoms with E-state index in [9.17, 15) is 0 Å². The first-order valence-corrected chi connectivity index (χ1v) is 7.54. The topological polar surface area (TPSA) is 56.2 Å². The van der Waals surface area contributed by atoms with Gasteiger partial charge < -0.3 is 24.6 Å². The van der Waals surface area contributed by atoms with Gasteiger partial charge in [-0.2, -0.15) is 0 Å². The van der Waals surface area contributed by atoms with Gasteiger partial charge in [-0.25, -0.2) is 0 Å². The molecule has 0 saturated carbocycles. The fourth-order valence-electron chi connectivity index (χ4n) is 2.72. The number of hydrogen-bond donors (Lipinski definition) is 2. The van der Waals surface area contributed by atoms with Crippen LogP contribution in [0, 0.1) is 0 Å². The summed E-state index contributed by atoms with van der Waals surface area (Å²) in [4.78, 5) is 4.73. The van der Waals surface area contributed by atoms with Gasteiger partial charge in [0.2, 0.25) is 0 Å². The molecule has 2 N–H and O–H groups in total. The molecule has 0 aromatic heterocycles. The summed E-state index contributed by atoms with van der Waals surface area (Å²) >= 11 is 0. The third-order valence-electron chi connectivity index (χ3n) is 4.11. The van der Waals surface area contributed by atoms with Crippen molar-refractivity contribution in [1.82, 2.24) is 9.80 Å². The molecule has 0 amide bonds. The minimum absolute atomic E-state index is 0.476. The predicted molar refractivity (Wildman–Crippen MR) is 84.9 cm³/mol. The number of nitrogens with zero attached hydrogens (tertiary/aromatic N) is 2. The van der Waals surface area contributed by atoms with E-state index in [2.05, 4.69) is 23.9 Å². The molecule has 1 aromatic carbocycles. The van der Waals surface area contributed by atoms with Crippen LogP contribution in [0.25, 0.3) is 0 Å². The smallest absolute Gasteiger partial charge is 0.488 e. The lowest BCUT2D eigenvalue weighted by atomic mass is 9.80. The van der Waals surface area contributed by atoms with Crippen LogP contribution in [-0.4, -0.2) is 73.3 Å². The molecule has 0 radical (unpaired) electrons. The molecule has 2 rings (SSSR count). The van der Waals surface area contributed by atoms with Crippen molar-refractivity contribution in [2.75, 3.05) is 40.3 Å². The Bertz CT molecular complexity index is 427. The van der Waals surface area contributed by atoms with E-state index in [0.29, 0.717) is 18.1 Å². The molecule has 1 aromatic rings. The average molecular weight is 292 g/mol. The maximum absolute atomic E-state index is 9.02. The highest BCUT2D eigenvalue weighted by atomic mass is 16.5. The van der Waals surface area contributed by atoms with Gasteiger partial charge in [0.15, 0.2) is 0 Å². The lowest BCUT2D eigenvalue weighted by Gasteiger charge is -2.25. The summed E-state index contributed by atoms with van der Waals surface area (Å²) in [6.45, 7) is 3.80. The van der Waals surface area contributed by atoms with Crippen LogP contribution in [0.3, 0.4) is 0 Å². The lowest BCUT2D eigenvalue weighted by molar-refractivity contribution is 0.190. The van der Waals surface area contributed by atoms with Crippen LogP contribution in [0.2, 0.25) is 0 Å². The van der Waals surface area contributed by atoms with Crippen molar-refractivity contribution < 1.29 is 14.8 Å². The number of rotatable bonds is 7. The van der Waals surface area contributed by atoms with Gasteiger partial charge in [-0.05, 0) is 51.1 Å². The summed E-state index contributed by atoms with van der Waals surface area (Å²) in [5.41, 5.74) is 0.476. The van der Waals surface area contributed by atoms with Crippen LogP contribution in [-0.2, 0) is 0 Å². The average Bonchev–Trinajstić information content (AvgIpc) is 2.85. The van der Waals surface area contributed by atoms with Gasteiger partial charge in [0.1, 0.15) is 12.4 Å². The summed E-state index contributed by atoms with van der Waals surface area (Å²) in [7, 11) is 2.90. The SMILES string of the molecule is CN(CCOc1ccc(B(O)O)cc1)CC1CCCN1C. The largest absolute Gasteiger partial charge is 0.492 e. The van der Waals surface area contributed by atoms with Crippen molar-refractivity contribution in [3.63, 3.8) is 0 Å². The molecule has 116 valence electrons. The number of benzene rings is 1. The Morgan fingerprint density at radius 3 is 2.62 bits per heavy atom. The van der Waals surface area contributed by atoms with Gasteiger partial charge in [-0.1, -0.05) is 12.1 Å². The molecule has 0 spiro atoms. The van der Waals surface area contributed by atoms with Crippen molar-refractivity contribution >= 4 is 12.6 Å². The van der Waals surface area contributed by atoms with Gasteiger partial charge in [0, 0.05) is 19.1 Å². The molecule has 6 heteroatoms. The fraction of sp³-hybridized carbons (Fsp3) is 0.600. The van der Waals surface area contributed by atoms with Crippen molar-refractivity contribution in [2.24, 2.45) is 0 Å². The maximum atomic E-state index is 9.02. The maximum Gasteiger partial charge on any atom is 0.488 e. The van der Waals surface area contributed by atoms with E-state index >= 15 is 0 Å². The Morgan fingerprint density at radius 2 is 2.05 bits per heavy atom. The summed E-state index contributed by atoms with van der Waals surface area (Å²) in [5.74, 6) is 0.755. The van der Waals surface area contributed by atoms with Crippen LogP contribution in [0.15, 0.2) is 24.3 Å². The summed E-state index contributed by atoms with van der Waals surface area (Å²) in [5, 5.41) is 18.0. The Labute approximate surface area is 127 Å². The fourth-order valence-corrected chi connectivity index (χ4v) is 2.72. The van der Waals surface area contributed by atoms with Gasteiger partial charge >= 0.3 is 7.12 Å². The van der Waals surface area contributed by atoms with E-state index in [0.717, 1.165) is 18.8 Å². The standard InChI is InChI=1S/C15H25BN2O3/c1-17(12-14-4-3-9-18(14)2)10-11-21-15-7-5-13(6-8-15)16(19)20/h5-8,14,19-20H,3-4,9-12H2,1-2H3. The van der Waals surface area contributed by atoms with Gasteiger partial charge in [0.25, 0.3) is 0 Å². The normalized spacial score (nSPS) is 19.2. The van der Waals surface area contributed by atoms with Crippen molar-refractivity contribution in [2.45, 2.75) is 18.9 Å². The van der Waals surface area contributed by atoms with Gasteiger partial charge in [-0.3, -0.25) is 0 Å². The highest BCUT2D eigenvalue weighted by Crippen LogP contribution is 2.15. The molecule has 0 bridgehead atoms. The Hall–Kier alpha value is -1.08. The number of likely N-dealkylation sites (N-methyl/N-ethyl adjacent to an activating group) is 2. The van der Waals surface area contributed by atoms with Gasteiger partial charge in [0.05, 0.1) is 0 Å². The molecule has 1 aliphatic rings. The quantitative estimate of drug-likeness (QED) is 0.680. The van der Waals surface area contributed by atoms with E-state index in [1.54, 1.807) is 24.3 Å². The second-order valence-electron chi connectivity index (χ2n) is 5.83. The van der Waals surface area contributed by atoms with Crippen molar-refractivity contribution in [1.29, 1.82) is 0 Å². The summed E-state index contributed by atoms with van der Waals surface area (Å²) < 4.78 is 5.68. The van der Waals surface area contributed by atoms with Crippen LogP contribution in [0.5, 0.6) is 5.75 Å². The van der Waals surface area contributed by atoms with Crippen LogP contribution in [0.4, 0.5) is 0 Å². The molecule has 1 unspecified atom stereocenters. The van der Waals surface area contributed by atoms with Crippen LogP contribution in [0.1, 0.15) is 12.8 Å². The molecule has 21 heavy (non-hydrogen) atoms. The minimum atomic E-state index is -1.42. The third kappa shape index (κ3) is 5.00. The number of hydrogen-bond acceptors (Lipinski definition) is 5. The van der Waals surface area contributed by atoms with E-state index in [4.69, 9.17) is 14.8 Å². The molecule has 1 saturated heterocycles. The van der Waals surface area contributed by atoms with Gasteiger partial charge in [-0.15, -0.1) is 0 Å². The monoisotopic (exact) mass is 292 g/mol. The lowest BCUT2D eigenvalue weighted by Crippen LogP contribution is -2.38. The molecular weight excluding hydrogens is 267 g/mol. The van der Waals surface area contributed by atoms with Crippen LogP contribution < -0.4 is 10.2 Å². The number of likely N-dealkylation sites (tertiary alicyclic amines) is 1. The summed E-state index contributed by atoms with van der Waals surface area (Å²) in [6, 6.07) is 7.52. The Kier molecular flexibility index (Phi) is 6.05. The molecule has 1 fully saturated rings. The summed E-state index contributed by atoms with van der Waals surface area (Å²) in [6.07, 6.45) is 2.58. The Morgan fingerprint density at radius 1 is 1.33 bits per heavy atom. The highest BCUT2D eigenvalue weighted by molar-refractivity contribution is 6.58. The van der Waals surface area contributed by atoms with E-state index < -0.39 is 7.12 Å². The molecule has 5 nitrogen and oxygen atoms in total. The first-order valence-electron chi connectivity index (χ1n) is 7.54. The number of ether oxygens (including phenoxy) is 1. The first-order chi connectivity index (χ1) is 10.1. The molecule has 1 atom stereocenters. The first kappa shape index (κ1) is 16.3. The molecule has 1 aliphatic heterocycles. The Balaban J connectivity index is 1.68.